The predicted octanol–water partition coefficient (Wildman–Crippen LogP) is 3.94. The minimum atomic E-state index is -0.301. The number of thiophene rings is 1. The van der Waals surface area contributed by atoms with Crippen LogP contribution >= 0.6 is 11.3 Å². The first kappa shape index (κ1) is 16.3. The first-order chi connectivity index (χ1) is 12.2. The zero-order chi connectivity index (χ0) is 17.2. The molecule has 1 aliphatic heterocycles. The molecule has 2 aromatic heterocycles. The Morgan fingerprint density at radius 3 is 2.88 bits per heavy atom. The number of carbonyl (C=O) groups is 1. The van der Waals surface area contributed by atoms with E-state index < -0.39 is 0 Å². The molecule has 6 heteroatoms. The van der Waals surface area contributed by atoms with Gasteiger partial charge in [-0.2, -0.15) is 0 Å². The number of H-pyrrole nitrogens is 1. The smallest absolute Gasteiger partial charge is 0.267 e. The van der Waals surface area contributed by atoms with Gasteiger partial charge in [-0.1, -0.05) is 6.07 Å². The maximum Gasteiger partial charge on any atom is 0.267 e. The van der Waals surface area contributed by atoms with Crippen molar-refractivity contribution < 1.29 is 9.18 Å². The van der Waals surface area contributed by atoms with Crippen molar-refractivity contribution in [2.75, 3.05) is 19.6 Å². The molecule has 3 aromatic rings. The number of aromatic amines is 1. The SMILES string of the molecule is O=C(NCC(c1cccs1)N1CCCC1)c1cc2cc(F)ccc2[nH]1. The second-order valence-electron chi connectivity index (χ2n) is 6.40. The van der Waals surface area contributed by atoms with Crippen molar-refractivity contribution in [2.45, 2.75) is 18.9 Å². The van der Waals surface area contributed by atoms with Gasteiger partial charge in [-0.25, -0.2) is 4.39 Å². The van der Waals surface area contributed by atoms with Crippen molar-refractivity contribution in [2.24, 2.45) is 0 Å². The molecule has 0 bridgehead atoms. The third-order valence-electron chi connectivity index (χ3n) is 4.74. The number of aromatic nitrogens is 1. The van der Waals surface area contributed by atoms with Crippen molar-refractivity contribution in [1.82, 2.24) is 15.2 Å². The average Bonchev–Trinajstić information content (AvgIpc) is 3.36. The Kier molecular flexibility index (Phi) is 4.55. The summed E-state index contributed by atoms with van der Waals surface area (Å²) in [4.78, 5) is 19.3. The number of nitrogens with zero attached hydrogens (tertiary/aromatic N) is 1. The number of halogens is 1. The number of carbonyl (C=O) groups excluding carboxylic acids is 1. The number of fused-ring (bicyclic) bond motifs is 1. The summed E-state index contributed by atoms with van der Waals surface area (Å²) in [6.45, 7) is 2.72. The van der Waals surface area contributed by atoms with E-state index in [-0.39, 0.29) is 17.8 Å². The van der Waals surface area contributed by atoms with E-state index in [1.807, 2.05) is 0 Å². The fourth-order valence-corrected chi connectivity index (χ4v) is 4.32. The molecule has 1 aromatic carbocycles. The molecule has 1 saturated heterocycles. The summed E-state index contributed by atoms with van der Waals surface area (Å²) in [6.07, 6.45) is 2.42. The Labute approximate surface area is 149 Å². The zero-order valence-corrected chi connectivity index (χ0v) is 14.6. The van der Waals surface area contributed by atoms with Crippen LogP contribution in [0.2, 0.25) is 0 Å². The van der Waals surface area contributed by atoms with Crippen LogP contribution in [-0.4, -0.2) is 35.4 Å². The van der Waals surface area contributed by atoms with Crippen LogP contribution in [0.4, 0.5) is 4.39 Å². The number of hydrogen-bond donors (Lipinski definition) is 2. The minimum absolute atomic E-state index is 0.155. The van der Waals surface area contributed by atoms with Crippen LogP contribution in [0.3, 0.4) is 0 Å². The van der Waals surface area contributed by atoms with Crippen molar-refractivity contribution in [1.29, 1.82) is 0 Å². The van der Waals surface area contributed by atoms with Crippen LogP contribution in [0.5, 0.6) is 0 Å². The van der Waals surface area contributed by atoms with E-state index in [0.717, 1.165) is 18.6 Å². The fraction of sp³-hybridized carbons (Fsp3) is 0.316. The van der Waals surface area contributed by atoms with E-state index in [9.17, 15) is 9.18 Å². The largest absolute Gasteiger partial charge is 0.351 e. The van der Waals surface area contributed by atoms with Gasteiger partial charge in [-0.15, -0.1) is 11.3 Å². The lowest BCUT2D eigenvalue weighted by Crippen LogP contribution is -2.36. The number of nitrogens with one attached hydrogen (secondary N) is 2. The topological polar surface area (TPSA) is 48.1 Å². The third-order valence-corrected chi connectivity index (χ3v) is 5.71. The van der Waals surface area contributed by atoms with Crippen LogP contribution in [0.15, 0.2) is 41.8 Å². The molecule has 4 nitrogen and oxygen atoms in total. The molecular weight excluding hydrogens is 337 g/mol. The van der Waals surface area contributed by atoms with E-state index in [1.54, 1.807) is 23.5 Å². The number of benzene rings is 1. The van der Waals surface area contributed by atoms with Gasteiger partial charge < -0.3 is 10.3 Å². The second-order valence-corrected chi connectivity index (χ2v) is 7.38. The van der Waals surface area contributed by atoms with Crippen molar-refractivity contribution >= 4 is 28.1 Å². The number of hydrogen-bond acceptors (Lipinski definition) is 3. The molecule has 0 spiro atoms. The average molecular weight is 357 g/mol. The Bertz CT molecular complexity index is 868. The van der Waals surface area contributed by atoms with Crippen LogP contribution < -0.4 is 5.32 Å². The molecule has 1 atom stereocenters. The number of amides is 1. The molecule has 1 aliphatic rings. The molecule has 1 amide bonds. The Balaban J connectivity index is 1.48. The summed E-state index contributed by atoms with van der Waals surface area (Å²) in [5, 5.41) is 5.82. The van der Waals surface area contributed by atoms with Gasteiger partial charge in [-0.3, -0.25) is 9.69 Å². The summed E-state index contributed by atoms with van der Waals surface area (Å²) >= 11 is 1.73. The summed E-state index contributed by atoms with van der Waals surface area (Å²) in [5.41, 5.74) is 1.23. The first-order valence-electron chi connectivity index (χ1n) is 8.54. The maximum absolute atomic E-state index is 13.3. The monoisotopic (exact) mass is 357 g/mol. The minimum Gasteiger partial charge on any atom is -0.351 e. The Morgan fingerprint density at radius 2 is 2.12 bits per heavy atom. The summed E-state index contributed by atoms with van der Waals surface area (Å²) < 4.78 is 13.3. The molecule has 130 valence electrons. The van der Waals surface area contributed by atoms with Crippen LogP contribution in [0, 0.1) is 5.82 Å². The van der Waals surface area contributed by atoms with Crippen molar-refractivity contribution in [3.63, 3.8) is 0 Å². The fourth-order valence-electron chi connectivity index (χ4n) is 3.45. The molecule has 0 saturated carbocycles. The highest BCUT2D eigenvalue weighted by Gasteiger charge is 2.25. The van der Waals surface area contributed by atoms with Gasteiger partial charge in [0.2, 0.25) is 0 Å². The maximum atomic E-state index is 13.3. The summed E-state index contributed by atoms with van der Waals surface area (Å²) in [7, 11) is 0. The van der Waals surface area contributed by atoms with Gasteiger partial charge >= 0.3 is 0 Å². The van der Waals surface area contributed by atoms with Crippen molar-refractivity contribution in [3.05, 3.63) is 58.2 Å². The van der Waals surface area contributed by atoms with E-state index >= 15 is 0 Å². The van der Waals surface area contributed by atoms with Gasteiger partial charge in [0.15, 0.2) is 0 Å². The van der Waals surface area contributed by atoms with Gasteiger partial charge in [-0.05, 0) is 61.6 Å². The predicted molar refractivity (Wildman–Crippen MR) is 98.5 cm³/mol. The van der Waals surface area contributed by atoms with Gasteiger partial charge in [0, 0.05) is 22.3 Å². The zero-order valence-electron chi connectivity index (χ0n) is 13.8. The Morgan fingerprint density at radius 1 is 1.28 bits per heavy atom. The van der Waals surface area contributed by atoms with Gasteiger partial charge in [0.05, 0.1) is 6.04 Å². The molecule has 4 rings (SSSR count). The van der Waals surface area contributed by atoms with Crippen LogP contribution in [0.25, 0.3) is 10.9 Å². The second kappa shape index (κ2) is 6.98. The van der Waals surface area contributed by atoms with Crippen LogP contribution in [0.1, 0.15) is 34.2 Å². The van der Waals surface area contributed by atoms with Crippen LogP contribution in [-0.2, 0) is 0 Å². The summed E-state index contributed by atoms with van der Waals surface area (Å²) in [5.74, 6) is -0.456. The highest BCUT2D eigenvalue weighted by atomic mass is 32.1. The van der Waals surface area contributed by atoms with E-state index in [0.29, 0.717) is 17.6 Å². The molecule has 0 aliphatic carbocycles. The van der Waals surface area contributed by atoms with Gasteiger partial charge in [0.1, 0.15) is 11.5 Å². The molecule has 25 heavy (non-hydrogen) atoms. The number of rotatable bonds is 5. The lowest BCUT2D eigenvalue weighted by molar-refractivity contribution is 0.0934. The highest BCUT2D eigenvalue weighted by Crippen LogP contribution is 2.28. The highest BCUT2D eigenvalue weighted by molar-refractivity contribution is 7.10. The molecule has 1 unspecified atom stereocenters. The normalized spacial score (nSPS) is 16.4. The summed E-state index contributed by atoms with van der Waals surface area (Å²) in [6, 6.07) is 10.6. The van der Waals surface area contributed by atoms with Crippen molar-refractivity contribution in [3.8, 4) is 0 Å². The van der Waals surface area contributed by atoms with E-state index in [4.69, 9.17) is 0 Å². The lowest BCUT2D eigenvalue weighted by atomic mass is 10.2. The van der Waals surface area contributed by atoms with Gasteiger partial charge in [0.25, 0.3) is 5.91 Å². The quantitative estimate of drug-likeness (QED) is 0.727. The molecule has 3 heterocycles. The third kappa shape index (κ3) is 3.45. The molecule has 2 N–H and O–H groups in total. The van der Waals surface area contributed by atoms with E-state index in [2.05, 4.69) is 32.7 Å². The number of likely N-dealkylation sites (tertiary alicyclic amines) is 1. The van der Waals surface area contributed by atoms with E-state index in [1.165, 1.54) is 29.9 Å². The Hall–Kier alpha value is -2.18. The molecular formula is C19H20FN3OS. The molecule has 0 radical (unpaired) electrons. The first-order valence-corrected chi connectivity index (χ1v) is 9.42. The lowest BCUT2D eigenvalue weighted by Gasteiger charge is -2.26. The molecule has 1 fully saturated rings. The standard InChI is InChI=1S/C19H20FN3OS/c20-14-5-6-15-13(10-14)11-16(22-15)19(24)21-12-17(18-4-3-9-25-18)23-7-1-2-8-23/h3-6,9-11,17,22H,1-2,7-8,12H2,(H,21,24).